The number of ether oxygens (including phenoxy) is 3. The van der Waals surface area contributed by atoms with Crippen molar-refractivity contribution in [2.75, 3.05) is 20.8 Å². The minimum atomic E-state index is -0.959. The SMILES string of the molecule is COc1ccc(C(NC(=O)COC(=O)c2ccc(Cl)cc2F)c2ccc(OC)cc2)cc1. The Kier molecular flexibility index (Phi) is 7.68. The molecule has 0 aliphatic carbocycles. The minimum absolute atomic E-state index is 0.151. The van der Waals surface area contributed by atoms with Crippen LogP contribution in [0.2, 0.25) is 5.02 Å². The molecule has 0 radical (unpaired) electrons. The Balaban J connectivity index is 1.74. The molecular formula is C24H21ClFNO5. The standard InChI is InChI=1S/C24H21ClFNO5/c1-30-18-8-3-15(4-9-18)23(16-5-10-19(31-2)11-6-16)27-22(28)14-32-24(29)20-12-7-17(25)13-21(20)26/h3-13,23H,14H2,1-2H3,(H,27,28). The largest absolute Gasteiger partial charge is 0.497 e. The predicted octanol–water partition coefficient (Wildman–Crippen LogP) is 4.56. The van der Waals surface area contributed by atoms with Gasteiger partial charge in [-0.05, 0) is 53.6 Å². The number of esters is 1. The van der Waals surface area contributed by atoms with Gasteiger partial charge in [-0.15, -0.1) is 0 Å². The van der Waals surface area contributed by atoms with Crippen molar-refractivity contribution in [2.45, 2.75) is 6.04 Å². The second-order valence-corrected chi connectivity index (χ2v) is 7.18. The topological polar surface area (TPSA) is 73.9 Å². The Morgan fingerprint density at radius 3 is 1.91 bits per heavy atom. The fourth-order valence-electron chi connectivity index (χ4n) is 3.02. The van der Waals surface area contributed by atoms with E-state index in [1.807, 2.05) is 24.3 Å². The Hall–Kier alpha value is -3.58. The summed E-state index contributed by atoms with van der Waals surface area (Å²) in [6.07, 6.45) is 0. The van der Waals surface area contributed by atoms with Crippen LogP contribution in [0.5, 0.6) is 11.5 Å². The van der Waals surface area contributed by atoms with Crippen LogP contribution in [-0.2, 0) is 9.53 Å². The number of carbonyl (C=O) groups is 2. The number of rotatable bonds is 8. The third kappa shape index (κ3) is 5.76. The van der Waals surface area contributed by atoms with E-state index in [0.717, 1.165) is 17.2 Å². The van der Waals surface area contributed by atoms with Crippen molar-refractivity contribution in [3.63, 3.8) is 0 Å². The van der Waals surface area contributed by atoms with Crippen molar-refractivity contribution in [1.82, 2.24) is 5.32 Å². The number of nitrogens with one attached hydrogen (secondary N) is 1. The van der Waals surface area contributed by atoms with E-state index in [1.165, 1.54) is 12.1 Å². The maximum Gasteiger partial charge on any atom is 0.341 e. The van der Waals surface area contributed by atoms with Gasteiger partial charge in [-0.2, -0.15) is 0 Å². The number of methoxy groups -OCH3 is 2. The van der Waals surface area contributed by atoms with E-state index in [1.54, 1.807) is 38.5 Å². The van der Waals surface area contributed by atoms with Crippen LogP contribution < -0.4 is 14.8 Å². The van der Waals surface area contributed by atoms with Gasteiger partial charge in [-0.3, -0.25) is 4.79 Å². The Labute approximate surface area is 189 Å². The van der Waals surface area contributed by atoms with E-state index in [2.05, 4.69) is 5.32 Å². The summed E-state index contributed by atoms with van der Waals surface area (Å²) >= 11 is 5.69. The average Bonchev–Trinajstić information content (AvgIpc) is 2.81. The molecule has 3 rings (SSSR count). The molecule has 6 nitrogen and oxygen atoms in total. The lowest BCUT2D eigenvalue weighted by Crippen LogP contribution is -2.33. The van der Waals surface area contributed by atoms with Crippen molar-refractivity contribution in [3.8, 4) is 11.5 Å². The van der Waals surface area contributed by atoms with Crippen LogP contribution in [0.1, 0.15) is 27.5 Å². The fraction of sp³-hybridized carbons (Fsp3) is 0.167. The van der Waals surface area contributed by atoms with Crippen LogP contribution >= 0.6 is 11.6 Å². The maximum atomic E-state index is 13.9. The van der Waals surface area contributed by atoms with Crippen LogP contribution in [-0.4, -0.2) is 32.7 Å². The van der Waals surface area contributed by atoms with Crippen LogP contribution in [0.4, 0.5) is 4.39 Å². The lowest BCUT2D eigenvalue weighted by atomic mass is 9.98. The van der Waals surface area contributed by atoms with Crippen molar-refractivity contribution in [1.29, 1.82) is 0 Å². The van der Waals surface area contributed by atoms with Crippen molar-refractivity contribution >= 4 is 23.5 Å². The van der Waals surface area contributed by atoms with Gasteiger partial charge in [0.25, 0.3) is 5.91 Å². The van der Waals surface area contributed by atoms with Gasteiger partial charge < -0.3 is 19.5 Å². The van der Waals surface area contributed by atoms with E-state index in [4.69, 9.17) is 25.8 Å². The number of benzene rings is 3. The Morgan fingerprint density at radius 2 is 1.44 bits per heavy atom. The number of hydrogen-bond donors (Lipinski definition) is 1. The van der Waals surface area contributed by atoms with Crippen LogP contribution in [0.25, 0.3) is 0 Å². The highest BCUT2D eigenvalue weighted by atomic mass is 35.5. The molecule has 1 amide bonds. The summed E-state index contributed by atoms with van der Waals surface area (Å²) in [4.78, 5) is 24.7. The van der Waals surface area contributed by atoms with Gasteiger partial charge >= 0.3 is 5.97 Å². The molecular weight excluding hydrogens is 437 g/mol. The summed E-state index contributed by atoms with van der Waals surface area (Å²) in [5, 5.41) is 2.99. The zero-order valence-electron chi connectivity index (χ0n) is 17.4. The first kappa shape index (κ1) is 23.1. The van der Waals surface area contributed by atoms with Gasteiger partial charge in [0.1, 0.15) is 17.3 Å². The molecule has 0 heterocycles. The molecule has 0 saturated heterocycles. The normalized spacial score (nSPS) is 10.5. The number of hydrogen-bond acceptors (Lipinski definition) is 5. The Bertz CT molecular complexity index is 1040. The molecule has 1 N–H and O–H groups in total. The molecule has 3 aromatic carbocycles. The highest BCUT2D eigenvalue weighted by Crippen LogP contribution is 2.26. The molecule has 8 heteroatoms. The lowest BCUT2D eigenvalue weighted by molar-refractivity contribution is -0.124. The highest BCUT2D eigenvalue weighted by Gasteiger charge is 2.20. The van der Waals surface area contributed by atoms with Gasteiger partial charge in [0, 0.05) is 5.02 Å². The first-order valence-electron chi connectivity index (χ1n) is 9.60. The Morgan fingerprint density at radius 1 is 0.906 bits per heavy atom. The molecule has 0 spiro atoms. The van der Waals surface area contributed by atoms with E-state index in [-0.39, 0.29) is 10.6 Å². The van der Waals surface area contributed by atoms with E-state index in [9.17, 15) is 14.0 Å². The van der Waals surface area contributed by atoms with Crippen LogP contribution in [0.15, 0.2) is 66.7 Å². The van der Waals surface area contributed by atoms with E-state index in [0.29, 0.717) is 11.5 Å². The van der Waals surface area contributed by atoms with Crippen molar-refractivity contribution in [3.05, 3.63) is 94.3 Å². The van der Waals surface area contributed by atoms with Gasteiger partial charge in [0.2, 0.25) is 0 Å². The zero-order chi connectivity index (χ0) is 23.1. The molecule has 3 aromatic rings. The lowest BCUT2D eigenvalue weighted by Gasteiger charge is -2.20. The first-order valence-corrected chi connectivity index (χ1v) is 9.98. The molecule has 0 atom stereocenters. The molecule has 0 aromatic heterocycles. The van der Waals surface area contributed by atoms with Crippen molar-refractivity contribution < 1.29 is 28.2 Å². The summed E-state index contributed by atoms with van der Waals surface area (Å²) in [5.41, 5.74) is 1.28. The second-order valence-electron chi connectivity index (χ2n) is 6.75. The van der Waals surface area contributed by atoms with Crippen molar-refractivity contribution in [2.24, 2.45) is 0 Å². The molecule has 0 unspecified atom stereocenters. The quantitative estimate of drug-likeness (QED) is 0.502. The summed E-state index contributed by atoms with van der Waals surface area (Å²) in [6.45, 7) is -0.580. The fourth-order valence-corrected chi connectivity index (χ4v) is 3.18. The molecule has 0 aliphatic rings. The third-order valence-corrected chi connectivity index (χ3v) is 4.92. The van der Waals surface area contributed by atoms with Gasteiger partial charge in [-0.1, -0.05) is 35.9 Å². The molecule has 0 bridgehead atoms. The molecule has 32 heavy (non-hydrogen) atoms. The number of amides is 1. The first-order chi connectivity index (χ1) is 15.4. The van der Waals surface area contributed by atoms with Gasteiger partial charge in [0.05, 0.1) is 25.8 Å². The van der Waals surface area contributed by atoms with E-state index < -0.39 is 30.3 Å². The number of carbonyl (C=O) groups excluding carboxylic acids is 2. The molecule has 0 aliphatic heterocycles. The van der Waals surface area contributed by atoms with Gasteiger partial charge in [-0.25, -0.2) is 9.18 Å². The molecule has 166 valence electrons. The third-order valence-electron chi connectivity index (χ3n) is 4.69. The smallest absolute Gasteiger partial charge is 0.341 e. The highest BCUT2D eigenvalue weighted by molar-refractivity contribution is 6.30. The zero-order valence-corrected chi connectivity index (χ0v) is 18.2. The van der Waals surface area contributed by atoms with Crippen LogP contribution in [0, 0.1) is 5.82 Å². The number of halogens is 2. The van der Waals surface area contributed by atoms with Gasteiger partial charge in [0.15, 0.2) is 6.61 Å². The minimum Gasteiger partial charge on any atom is -0.497 e. The van der Waals surface area contributed by atoms with Crippen LogP contribution in [0.3, 0.4) is 0 Å². The second kappa shape index (κ2) is 10.6. The average molecular weight is 458 g/mol. The maximum absolute atomic E-state index is 13.9. The van der Waals surface area contributed by atoms with E-state index >= 15 is 0 Å². The predicted molar refractivity (Wildman–Crippen MR) is 118 cm³/mol. The molecule has 0 fully saturated rings. The summed E-state index contributed by atoms with van der Waals surface area (Å²) in [5.74, 6) is -0.985. The monoisotopic (exact) mass is 457 g/mol. The molecule has 0 saturated carbocycles. The summed E-state index contributed by atoms with van der Waals surface area (Å²) < 4.78 is 29.3. The summed E-state index contributed by atoms with van der Waals surface area (Å²) in [6, 6.07) is 17.5. The summed E-state index contributed by atoms with van der Waals surface area (Å²) in [7, 11) is 3.13.